The van der Waals surface area contributed by atoms with Crippen LogP contribution in [0.4, 0.5) is 5.88 Å². The standard InChI is InChI=1S/C17H18N6O4/c1-17(2,3)13-8-15(27-20-13)19-14(24)9-26-16(25)11-4-6-12(7-5-11)23-10-18-21-22-23/h4-8,10H,9H2,1-3H3,(H,19,24). The lowest BCUT2D eigenvalue weighted by Crippen LogP contribution is -2.20. The number of anilines is 1. The zero-order chi connectivity index (χ0) is 19.4. The van der Waals surface area contributed by atoms with E-state index in [-0.39, 0.29) is 11.3 Å². The Balaban J connectivity index is 1.52. The van der Waals surface area contributed by atoms with Crippen LogP contribution in [0.25, 0.3) is 5.69 Å². The van der Waals surface area contributed by atoms with Gasteiger partial charge in [-0.3, -0.25) is 10.1 Å². The first-order valence-corrected chi connectivity index (χ1v) is 8.10. The molecular formula is C17H18N6O4. The summed E-state index contributed by atoms with van der Waals surface area (Å²) in [5.41, 5.74) is 1.49. The van der Waals surface area contributed by atoms with Crippen molar-refractivity contribution >= 4 is 17.8 Å². The first-order valence-electron chi connectivity index (χ1n) is 8.10. The van der Waals surface area contributed by atoms with Gasteiger partial charge in [0, 0.05) is 11.5 Å². The Labute approximate surface area is 154 Å². The number of nitrogens with one attached hydrogen (secondary N) is 1. The number of tetrazole rings is 1. The molecule has 0 fully saturated rings. The highest BCUT2D eigenvalue weighted by Crippen LogP contribution is 2.23. The molecule has 0 spiro atoms. The van der Waals surface area contributed by atoms with Crippen molar-refractivity contribution < 1.29 is 18.8 Å². The fourth-order valence-corrected chi connectivity index (χ4v) is 2.11. The lowest BCUT2D eigenvalue weighted by molar-refractivity contribution is -0.119. The Morgan fingerprint density at radius 1 is 1.22 bits per heavy atom. The van der Waals surface area contributed by atoms with Gasteiger partial charge in [0.15, 0.2) is 6.61 Å². The van der Waals surface area contributed by atoms with Gasteiger partial charge in [-0.15, -0.1) is 5.10 Å². The smallest absolute Gasteiger partial charge is 0.338 e. The number of ether oxygens (including phenoxy) is 1. The number of nitrogens with zero attached hydrogens (tertiary/aromatic N) is 5. The minimum Gasteiger partial charge on any atom is -0.452 e. The lowest BCUT2D eigenvalue weighted by atomic mass is 9.92. The lowest BCUT2D eigenvalue weighted by Gasteiger charge is -2.12. The molecule has 0 aliphatic carbocycles. The number of carbonyl (C=O) groups is 2. The maximum absolute atomic E-state index is 12.0. The fraction of sp³-hybridized carbons (Fsp3) is 0.294. The van der Waals surface area contributed by atoms with E-state index in [9.17, 15) is 9.59 Å². The Kier molecular flexibility index (Phi) is 4.97. The van der Waals surface area contributed by atoms with Gasteiger partial charge in [0.2, 0.25) is 5.88 Å². The second-order valence-corrected chi connectivity index (χ2v) is 6.75. The van der Waals surface area contributed by atoms with E-state index in [1.54, 1.807) is 30.3 Å². The first kappa shape index (κ1) is 18.2. The van der Waals surface area contributed by atoms with Crippen molar-refractivity contribution in [2.75, 3.05) is 11.9 Å². The molecule has 10 heteroatoms. The topological polar surface area (TPSA) is 125 Å². The predicted octanol–water partition coefficient (Wildman–Crippen LogP) is 1.74. The van der Waals surface area contributed by atoms with Gasteiger partial charge in [0.05, 0.1) is 16.9 Å². The monoisotopic (exact) mass is 370 g/mol. The Bertz CT molecular complexity index is 925. The molecule has 1 N–H and O–H groups in total. The van der Waals surface area contributed by atoms with Crippen LogP contribution in [-0.4, -0.2) is 43.8 Å². The van der Waals surface area contributed by atoms with Crippen LogP contribution >= 0.6 is 0 Å². The van der Waals surface area contributed by atoms with E-state index >= 15 is 0 Å². The normalized spacial score (nSPS) is 11.2. The van der Waals surface area contributed by atoms with Crippen molar-refractivity contribution in [3.8, 4) is 5.69 Å². The SMILES string of the molecule is CC(C)(C)c1cc(NC(=O)COC(=O)c2ccc(-n3cnnn3)cc2)on1. The van der Waals surface area contributed by atoms with Gasteiger partial charge in [0.25, 0.3) is 5.91 Å². The van der Waals surface area contributed by atoms with E-state index < -0.39 is 18.5 Å². The third-order valence-corrected chi connectivity index (χ3v) is 3.59. The van der Waals surface area contributed by atoms with E-state index in [0.717, 1.165) is 0 Å². The average molecular weight is 370 g/mol. The molecule has 1 amide bonds. The molecule has 2 heterocycles. The van der Waals surface area contributed by atoms with Crippen LogP contribution in [0.1, 0.15) is 36.8 Å². The second-order valence-electron chi connectivity index (χ2n) is 6.75. The molecule has 3 aromatic rings. The Morgan fingerprint density at radius 3 is 2.56 bits per heavy atom. The van der Waals surface area contributed by atoms with Gasteiger partial charge in [0.1, 0.15) is 6.33 Å². The average Bonchev–Trinajstić information content (AvgIpc) is 3.31. The zero-order valence-electron chi connectivity index (χ0n) is 15.0. The molecule has 27 heavy (non-hydrogen) atoms. The fourth-order valence-electron chi connectivity index (χ4n) is 2.11. The summed E-state index contributed by atoms with van der Waals surface area (Å²) in [4.78, 5) is 24.0. The molecule has 10 nitrogen and oxygen atoms in total. The van der Waals surface area contributed by atoms with E-state index in [1.807, 2.05) is 20.8 Å². The van der Waals surface area contributed by atoms with Crippen LogP contribution in [0, 0.1) is 0 Å². The summed E-state index contributed by atoms with van der Waals surface area (Å²) in [5.74, 6) is -0.946. The number of hydrogen-bond donors (Lipinski definition) is 1. The van der Waals surface area contributed by atoms with Crippen LogP contribution < -0.4 is 5.32 Å². The van der Waals surface area contributed by atoms with Crippen LogP contribution in [0.2, 0.25) is 0 Å². The van der Waals surface area contributed by atoms with Crippen molar-refractivity contribution in [1.82, 2.24) is 25.4 Å². The van der Waals surface area contributed by atoms with Crippen molar-refractivity contribution in [3.63, 3.8) is 0 Å². The highest BCUT2D eigenvalue weighted by Gasteiger charge is 2.20. The number of hydrogen-bond acceptors (Lipinski definition) is 8. The molecule has 0 aliphatic rings. The summed E-state index contributed by atoms with van der Waals surface area (Å²) in [7, 11) is 0. The Morgan fingerprint density at radius 2 is 1.96 bits per heavy atom. The van der Waals surface area contributed by atoms with Crippen LogP contribution in [0.15, 0.2) is 41.2 Å². The van der Waals surface area contributed by atoms with Crippen molar-refractivity contribution in [2.24, 2.45) is 0 Å². The van der Waals surface area contributed by atoms with Gasteiger partial charge in [-0.05, 0) is 34.7 Å². The number of amides is 1. The summed E-state index contributed by atoms with van der Waals surface area (Å²) in [6.07, 6.45) is 1.44. The van der Waals surface area contributed by atoms with E-state index in [4.69, 9.17) is 9.26 Å². The van der Waals surface area contributed by atoms with Crippen molar-refractivity contribution in [3.05, 3.63) is 47.9 Å². The maximum atomic E-state index is 12.0. The minimum absolute atomic E-state index is 0.201. The number of benzene rings is 1. The molecule has 1 aromatic carbocycles. The molecule has 0 radical (unpaired) electrons. The number of carbonyl (C=O) groups excluding carboxylic acids is 2. The molecule has 3 rings (SSSR count). The molecule has 140 valence electrons. The Hall–Kier alpha value is -3.56. The summed E-state index contributed by atoms with van der Waals surface area (Å²) in [6, 6.07) is 8.08. The predicted molar refractivity (Wildman–Crippen MR) is 93.3 cm³/mol. The molecule has 0 unspecified atom stereocenters. The van der Waals surface area contributed by atoms with E-state index in [2.05, 4.69) is 26.0 Å². The number of rotatable bonds is 5. The van der Waals surface area contributed by atoms with Gasteiger partial charge in [-0.25, -0.2) is 9.48 Å². The third kappa shape index (κ3) is 4.54. The molecule has 0 saturated carbocycles. The quantitative estimate of drug-likeness (QED) is 0.673. The van der Waals surface area contributed by atoms with E-state index in [1.165, 1.54) is 11.0 Å². The van der Waals surface area contributed by atoms with Crippen molar-refractivity contribution in [1.29, 1.82) is 0 Å². The molecule has 2 aromatic heterocycles. The molecular weight excluding hydrogens is 352 g/mol. The van der Waals surface area contributed by atoms with Crippen LogP contribution in [0.5, 0.6) is 0 Å². The van der Waals surface area contributed by atoms with Crippen molar-refractivity contribution in [2.45, 2.75) is 26.2 Å². The largest absolute Gasteiger partial charge is 0.452 e. The van der Waals surface area contributed by atoms with Gasteiger partial charge in [-0.2, -0.15) is 0 Å². The van der Waals surface area contributed by atoms with Gasteiger partial charge < -0.3 is 9.26 Å². The third-order valence-electron chi connectivity index (χ3n) is 3.59. The van der Waals surface area contributed by atoms with Crippen LogP contribution in [-0.2, 0) is 14.9 Å². The molecule has 0 aliphatic heterocycles. The highest BCUT2D eigenvalue weighted by molar-refractivity contribution is 5.94. The molecule has 0 bridgehead atoms. The number of esters is 1. The zero-order valence-corrected chi connectivity index (χ0v) is 15.0. The minimum atomic E-state index is -0.624. The van der Waals surface area contributed by atoms with E-state index in [0.29, 0.717) is 16.9 Å². The highest BCUT2D eigenvalue weighted by atomic mass is 16.5. The second kappa shape index (κ2) is 7.36. The van der Waals surface area contributed by atoms with Gasteiger partial charge >= 0.3 is 5.97 Å². The molecule has 0 saturated heterocycles. The summed E-state index contributed by atoms with van der Waals surface area (Å²) in [6.45, 7) is 5.48. The maximum Gasteiger partial charge on any atom is 0.338 e. The summed E-state index contributed by atoms with van der Waals surface area (Å²) < 4.78 is 11.5. The summed E-state index contributed by atoms with van der Waals surface area (Å²) in [5, 5.41) is 17.2. The summed E-state index contributed by atoms with van der Waals surface area (Å²) >= 11 is 0. The number of aromatic nitrogens is 5. The molecule has 0 atom stereocenters. The van der Waals surface area contributed by atoms with Gasteiger partial charge in [-0.1, -0.05) is 25.9 Å². The first-order chi connectivity index (χ1) is 12.8. The van der Waals surface area contributed by atoms with Crippen LogP contribution in [0.3, 0.4) is 0 Å².